The number of carbonyl (C=O) groups is 1. The molecule has 0 aliphatic carbocycles. The molecule has 6 nitrogen and oxygen atoms in total. The minimum absolute atomic E-state index is 0.0856. The van der Waals surface area contributed by atoms with Crippen molar-refractivity contribution >= 4 is 33.3 Å². The second-order valence-corrected chi connectivity index (χ2v) is 7.07. The Kier molecular flexibility index (Phi) is 6.00. The summed E-state index contributed by atoms with van der Waals surface area (Å²) in [5, 5.41) is 0.349. The van der Waals surface area contributed by atoms with Crippen LogP contribution >= 0.6 is 11.6 Å². The molecule has 0 atom stereocenters. The van der Waals surface area contributed by atoms with Gasteiger partial charge in [0.1, 0.15) is 0 Å². The molecule has 118 valence electrons. The van der Waals surface area contributed by atoms with E-state index in [4.69, 9.17) is 17.3 Å². The third kappa shape index (κ3) is 4.33. The van der Waals surface area contributed by atoms with E-state index in [1.807, 2.05) is 0 Å². The molecule has 1 aromatic rings. The third-order valence-electron chi connectivity index (χ3n) is 3.05. The van der Waals surface area contributed by atoms with Gasteiger partial charge in [0, 0.05) is 20.0 Å². The number of benzene rings is 1. The van der Waals surface area contributed by atoms with E-state index in [9.17, 15) is 13.2 Å². The van der Waals surface area contributed by atoms with Gasteiger partial charge in [-0.3, -0.25) is 4.79 Å². The summed E-state index contributed by atoms with van der Waals surface area (Å²) >= 11 is 5.93. The van der Waals surface area contributed by atoms with Crippen LogP contribution in [-0.2, 0) is 19.6 Å². The fourth-order valence-electron chi connectivity index (χ4n) is 1.76. The van der Waals surface area contributed by atoms with Crippen molar-refractivity contribution in [1.82, 2.24) is 4.31 Å². The Balaban J connectivity index is 2.88. The number of sulfonamides is 1. The Labute approximate surface area is 129 Å². The van der Waals surface area contributed by atoms with Crippen molar-refractivity contribution in [3.05, 3.63) is 22.7 Å². The predicted molar refractivity (Wildman–Crippen MR) is 81.7 cm³/mol. The molecule has 0 aliphatic heterocycles. The van der Waals surface area contributed by atoms with E-state index in [0.717, 1.165) is 0 Å². The first-order valence-electron chi connectivity index (χ1n) is 6.29. The van der Waals surface area contributed by atoms with Gasteiger partial charge in [0.15, 0.2) is 0 Å². The van der Waals surface area contributed by atoms with Gasteiger partial charge >= 0.3 is 5.97 Å². The van der Waals surface area contributed by atoms with Gasteiger partial charge < -0.3 is 10.5 Å². The predicted octanol–water partition coefficient (Wildman–Crippen LogP) is 1.80. The van der Waals surface area contributed by atoms with Gasteiger partial charge in [0.05, 0.1) is 22.7 Å². The highest BCUT2D eigenvalue weighted by Gasteiger charge is 2.22. The maximum atomic E-state index is 12.4. The van der Waals surface area contributed by atoms with Crippen LogP contribution in [0, 0.1) is 6.92 Å². The molecule has 8 heteroatoms. The molecule has 0 saturated heterocycles. The molecular weight excluding hydrogens is 316 g/mol. The minimum Gasteiger partial charge on any atom is -0.469 e. The molecule has 2 N–H and O–H groups in total. The van der Waals surface area contributed by atoms with Crippen molar-refractivity contribution in [1.29, 1.82) is 0 Å². The zero-order valence-electron chi connectivity index (χ0n) is 12.2. The quantitative estimate of drug-likeness (QED) is 0.633. The number of ether oxygens (including phenoxy) is 1. The van der Waals surface area contributed by atoms with E-state index in [2.05, 4.69) is 4.74 Å². The first-order valence-corrected chi connectivity index (χ1v) is 8.10. The van der Waals surface area contributed by atoms with Crippen molar-refractivity contribution in [2.75, 3.05) is 26.4 Å². The van der Waals surface area contributed by atoms with Gasteiger partial charge in [0.25, 0.3) is 0 Å². The number of hydrogen-bond donors (Lipinski definition) is 1. The average Bonchev–Trinajstić information content (AvgIpc) is 2.43. The standard InChI is InChI=1S/C13H19ClN2O4S/c1-9-7-10(8-11(15)13(9)14)21(18,19)16(2)6-4-5-12(17)20-3/h7-8H,4-6,15H2,1-3H3. The van der Waals surface area contributed by atoms with Crippen molar-refractivity contribution in [2.45, 2.75) is 24.7 Å². The lowest BCUT2D eigenvalue weighted by atomic mass is 10.2. The molecule has 1 rings (SSSR count). The van der Waals surface area contributed by atoms with Crippen molar-refractivity contribution in [2.24, 2.45) is 0 Å². The summed E-state index contributed by atoms with van der Waals surface area (Å²) in [7, 11) is -0.918. The Morgan fingerprint density at radius 1 is 1.43 bits per heavy atom. The molecule has 1 aromatic carbocycles. The van der Waals surface area contributed by atoms with Gasteiger partial charge in [-0.15, -0.1) is 0 Å². The highest BCUT2D eigenvalue weighted by atomic mass is 35.5. The molecule has 0 heterocycles. The smallest absolute Gasteiger partial charge is 0.305 e. The van der Waals surface area contributed by atoms with Gasteiger partial charge in [-0.05, 0) is 31.0 Å². The Bertz CT molecular complexity index is 608. The summed E-state index contributed by atoms with van der Waals surface area (Å²) in [5.74, 6) is -0.368. The second-order valence-electron chi connectivity index (χ2n) is 4.65. The molecule has 21 heavy (non-hydrogen) atoms. The average molecular weight is 335 g/mol. The summed E-state index contributed by atoms with van der Waals surface area (Å²) in [6.45, 7) is 1.90. The van der Waals surface area contributed by atoms with Crippen molar-refractivity contribution in [3.63, 3.8) is 0 Å². The lowest BCUT2D eigenvalue weighted by molar-refractivity contribution is -0.140. The van der Waals surface area contributed by atoms with Gasteiger partial charge in [-0.1, -0.05) is 11.6 Å². The highest BCUT2D eigenvalue weighted by molar-refractivity contribution is 7.89. The van der Waals surface area contributed by atoms with E-state index in [0.29, 0.717) is 17.0 Å². The SMILES string of the molecule is COC(=O)CCCN(C)S(=O)(=O)c1cc(C)c(Cl)c(N)c1. The number of carbonyl (C=O) groups excluding carboxylic acids is 1. The number of nitrogen functional groups attached to an aromatic ring is 1. The normalized spacial score (nSPS) is 11.7. The highest BCUT2D eigenvalue weighted by Crippen LogP contribution is 2.28. The topological polar surface area (TPSA) is 89.7 Å². The number of aryl methyl sites for hydroxylation is 1. The fraction of sp³-hybridized carbons (Fsp3) is 0.462. The van der Waals surface area contributed by atoms with Crippen LogP contribution in [0.25, 0.3) is 0 Å². The van der Waals surface area contributed by atoms with Crippen LogP contribution in [0.15, 0.2) is 17.0 Å². The minimum atomic E-state index is -3.66. The van der Waals surface area contributed by atoms with E-state index in [1.165, 1.54) is 30.6 Å². The number of nitrogens with zero attached hydrogens (tertiary/aromatic N) is 1. The molecule has 0 fully saturated rings. The summed E-state index contributed by atoms with van der Waals surface area (Å²) in [6, 6.07) is 2.81. The molecule has 0 bridgehead atoms. The summed E-state index contributed by atoms with van der Waals surface area (Å²) in [4.78, 5) is 11.1. The first-order chi connectivity index (χ1) is 9.70. The maximum absolute atomic E-state index is 12.4. The monoisotopic (exact) mass is 334 g/mol. The summed E-state index contributed by atoms with van der Waals surface area (Å²) < 4.78 is 30.5. The molecule has 0 radical (unpaired) electrons. The molecular formula is C13H19ClN2O4S. The summed E-state index contributed by atoms with van der Waals surface area (Å²) in [6.07, 6.45) is 0.544. The second kappa shape index (κ2) is 7.11. The zero-order valence-corrected chi connectivity index (χ0v) is 13.8. The molecule has 0 aliphatic rings. The van der Waals surface area contributed by atoms with Crippen LogP contribution in [0.4, 0.5) is 5.69 Å². The first kappa shape index (κ1) is 17.7. The molecule has 0 amide bonds. The Morgan fingerprint density at radius 3 is 2.57 bits per heavy atom. The van der Waals surface area contributed by atoms with Crippen LogP contribution in [0.5, 0.6) is 0 Å². The molecule has 0 saturated carbocycles. The fourth-order valence-corrected chi connectivity index (χ4v) is 3.20. The third-order valence-corrected chi connectivity index (χ3v) is 5.40. The number of methoxy groups -OCH3 is 1. The van der Waals surface area contributed by atoms with E-state index < -0.39 is 10.0 Å². The largest absolute Gasteiger partial charge is 0.469 e. The maximum Gasteiger partial charge on any atom is 0.305 e. The van der Waals surface area contributed by atoms with Gasteiger partial charge in [-0.25, -0.2) is 12.7 Å². The van der Waals surface area contributed by atoms with Crippen LogP contribution < -0.4 is 5.73 Å². The number of esters is 1. The van der Waals surface area contributed by atoms with Crippen LogP contribution in [0.1, 0.15) is 18.4 Å². The lowest BCUT2D eigenvalue weighted by Crippen LogP contribution is -2.28. The number of anilines is 1. The Morgan fingerprint density at radius 2 is 2.05 bits per heavy atom. The lowest BCUT2D eigenvalue weighted by Gasteiger charge is -2.18. The van der Waals surface area contributed by atoms with Crippen LogP contribution in [0.3, 0.4) is 0 Å². The van der Waals surface area contributed by atoms with Crippen LogP contribution in [0.2, 0.25) is 5.02 Å². The number of nitrogens with two attached hydrogens (primary N) is 1. The number of halogens is 1. The summed E-state index contributed by atoms with van der Waals surface area (Å²) in [5.41, 5.74) is 6.52. The van der Waals surface area contributed by atoms with Crippen molar-refractivity contribution < 1.29 is 17.9 Å². The van der Waals surface area contributed by atoms with Crippen LogP contribution in [-0.4, -0.2) is 39.4 Å². The van der Waals surface area contributed by atoms with Crippen molar-refractivity contribution in [3.8, 4) is 0 Å². The van der Waals surface area contributed by atoms with E-state index >= 15 is 0 Å². The zero-order chi connectivity index (χ0) is 16.2. The van der Waals surface area contributed by atoms with Gasteiger partial charge in [0.2, 0.25) is 10.0 Å². The number of rotatable bonds is 6. The van der Waals surface area contributed by atoms with Gasteiger partial charge in [-0.2, -0.15) is 0 Å². The molecule has 0 aromatic heterocycles. The van der Waals surface area contributed by atoms with E-state index in [-0.39, 0.29) is 29.5 Å². The number of hydrogen-bond acceptors (Lipinski definition) is 5. The Hall–Kier alpha value is -1.31. The van der Waals surface area contributed by atoms with E-state index in [1.54, 1.807) is 6.92 Å². The molecule has 0 spiro atoms. The molecule has 0 unspecified atom stereocenters.